The Balaban J connectivity index is 1.83. The van der Waals surface area contributed by atoms with E-state index in [1.165, 1.54) is 12.1 Å². The summed E-state index contributed by atoms with van der Waals surface area (Å²) in [6.07, 6.45) is 4.82. The van der Waals surface area contributed by atoms with Crippen LogP contribution in [0.1, 0.15) is 56.9 Å². The van der Waals surface area contributed by atoms with Crippen molar-refractivity contribution in [2.24, 2.45) is 5.41 Å². The van der Waals surface area contributed by atoms with E-state index in [2.05, 4.69) is 11.5 Å². The summed E-state index contributed by atoms with van der Waals surface area (Å²) in [7, 11) is 0. The van der Waals surface area contributed by atoms with Crippen molar-refractivity contribution in [3.05, 3.63) is 95.6 Å². The van der Waals surface area contributed by atoms with Gasteiger partial charge in [0.15, 0.2) is 0 Å². The number of hydrogen-bond acceptors (Lipinski definition) is 2. The Morgan fingerprint density at radius 3 is 2.26 bits per heavy atom. The van der Waals surface area contributed by atoms with Crippen LogP contribution in [0.3, 0.4) is 0 Å². The highest BCUT2D eigenvalue weighted by Crippen LogP contribution is 2.22. The molecule has 1 heterocycles. The van der Waals surface area contributed by atoms with Crippen LogP contribution in [0.2, 0.25) is 0 Å². The molecule has 0 spiro atoms. The van der Waals surface area contributed by atoms with Crippen molar-refractivity contribution in [1.82, 2.24) is 14.4 Å². The number of carbonyl (C=O) groups is 2. The minimum Gasteiger partial charge on any atom is -0.345 e. The molecule has 0 bridgehead atoms. The Kier molecular flexibility index (Phi) is 11.0. The third-order valence-electron chi connectivity index (χ3n) is 6.67. The molecule has 0 N–H and O–H groups in total. The standard InChI is InChI=1S/C31H39ClFN3O2/c1-4-5-9-18-35(30(38)31(2,3)24-32)23-29(37)36(21-25-11-7-6-8-12-25)22-28-13-10-19-34(28)20-26-14-16-27(33)17-15-26/h6-8,10-17,19H,4-5,9,18,20-24H2,1-3H3. The molecule has 0 aliphatic carbocycles. The van der Waals surface area contributed by atoms with Crippen LogP contribution in [-0.4, -0.2) is 45.2 Å². The average Bonchev–Trinajstić information content (AvgIpc) is 3.35. The molecule has 5 nitrogen and oxygen atoms in total. The smallest absolute Gasteiger partial charge is 0.242 e. The molecule has 0 aliphatic heterocycles. The van der Waals surface area contributed by atoms with Crippen LogP contribution in [0.15, 0.2) is 72.9 Å². The molecule has 0 atom stereocenters. The zero-order valence-electron chi connectivity index (χ0n) is 22.7. The maximum absolute atomic E-state index is 13.8. The van der Waals surface area contributed by atoms with Gasteiger partial charge in [-0.05, 0) is 55.7 Å². The summed E-state index contributed by atoms with van der Waals surface area (Å²) in [4.78, 5) is 30.6. The van der Waals surface area contributed by atoms with Crippen molar-refractivity contribution in [3.8, 4) is 0 Å². The lowest BCUT2D eigenvalue weighted by atomic mass is 9.94. The van der Waals surface area contributed by atoms with Gasteiger partial charge in [-0.25, -0.2) is 4.39 Å². The van der Waals surface area contributed by atoms with Crippen molar-refractivity contribution >= 4 is 23.4 Å². The number of rotatable bonds is 14. The Hall–Kier alpha value is -3.12. The van der Waals surface area contributed by atoms with Crippen molar-refractivity contribution in [2.45, 2.75) is 59.7 Å². The zero-order chi connectivity index (χ0) is 27.5. The van der Waals surface area contributed by atoms with Crippen LogP contribution in [0.25, 0.3) is 0 Å². The van der Waals surface area contributed by atoms with Gasteiger partial charge in [0.2, 0.25) is 11.8 Å². The Morgan fingerprint density at radius 1 is 0.895 bits per heavy atom. The molecule has 0 aliphatic rings. The summed E-state index contributed by atoms with van der Waals surface area (Å²) < 4.78 is 15.5. The fourth-order valence-corrected chi connectivity index (χ4v) is 4.43. The molecule has 0 unspecified atom stereocenters. The molecule has 0 saturated heterocycles. The number of unbranched alkanes of at least 4 members (excludes halogenated alkanes) is 2. The SMILES string of the molecule is CCCCCN(CC(=O)N(Cc1ccccc1)Cc1cccn1Cc1ccc(F)cc1)C(=O)C(C)(C)CCl. The predicted molar refractivity (Wildman–Crippen MR) is 151 cm³/mol. The molecular formula is C31H39ClFN3O2. The van der Waals surface area contributed by atoms with E-state index in [1.807, 2.05) is 62.5 Å². The lowest BCUT2D eigenvalue weighted by molar-refractivity contribution is -0.146. The molecule has 204 valence electrons. The largest absolute Gasteiger partial charge is 0.345 e. The van der Waals surface area contributed by atoms with Gasteiger partial charge in [-0.2, -0.15) is 0 Å². The van der Waals surface area contributed by atoms with Crippen LogP contribution in [0.4, 0.5) is 4.39 Å². The highest BCUT2D eigenvalue weighted by Gasteiger charge is 2.33. The highest BCUT2D eigenvalue weighted by atomic mass is 35.5. The third-order valence-corrected chi connectivity index (χ3v) is 7.34. The molecule has 1 aromatic heterocycles. The fraction of sp³-hybridized carbons (Fsp3) is 0.419. The summed E-state index contributed by atoms with van der Waals surface area (Å²) in [6, 6.07) is 20.3. The van der Waals surface area contributed by atoms with Crippen molar-refractivity contribution in [3.63, 3.8) is 0 Å². The number of nitrogens with zero attached hydrogens (tertiary/aromatic N) is 3. The Labute approximate surface area is 231 Å². The topological polar surface area (TPSA) is 45.6 Å². The molecule has 2 aromatic carbocycles. The van der Waals surface area contributed by atoms with Gasteiger partial charge in [0.25, 0.3) is 0 Å². The molecule has 0 saturated carbocycles. The first kappa shape index (κ1) is 29.4. The maximum atomic E-state index is 13.8. The quantitative estimate of drug-likeness (QED) is 0.174. The highest BCUT2D eigenvalue weighted by molar-refractivity contribution is 6.19. The number of benzene rings is 2. The first-order valence-corrected chi connectivity index (χ1v) is 13.8. The summed E-state index contributed by atoms with van der Waals surface area (Å²) in [6.45, 7) is 7.68. The van der Waals surface area contributed by atoms with E-state index in [0.717, 1.165) is 36.1 Å². The van der Waals surface area contributed by atoms with Gasteiger partial charge >= 0.3 is 0 Å². The fourth-order valence-electron chi connectivity index (χ4n) is 4.32. The molecule has 3 aromatic rings. The number of hydrogen-bond donors (Lipinski definition) is 0. The second-order valence-corrected chi connectivity index (χ2v) is 10.7. The van der Waals surface area contributed by atoms with Crippen LogP contribution in [0.5, 0.6) is 0 Å². The van der Waals surface area contributed by atoms with E-state index >= 15 is 0 Å². The second kappa shape index (κ2) is 14.1. The number of aromatic nitrogens is 1. The first-order chi connectivity index (χ1) is 18.2. The monoisotopic (exact) mass is 539 g/mol. The van der Waals surface area contributed by atoms with E-state index < -0.39 is 5.41 Å². The normalized spacial score (nSPS) is 11.4. The minimum atomic E-state index is -0.748. The van der Waals surface area contributed by atoms with Gasteiger partial charge in [-0.1, -0.05) is 62.2 Å². The van der Waals surface area contributed by atoms with Gasteiger partial charge in [0, 0.05) is 37.4 Å². The molecule has 2 amide bonds. The van der Waals surface area contributed by atoms with Gasteiger partial charge in [0.05, 0.1) is 18.5 Å². The molecular weight excluding hydrogens is 501 g/mol. The lowest BCUT2D eigenvalue weighted by Gasteiger charge is -2.32. The number of carbonyl (C=O) groups excluding carboxylic acids is 2. The third kappa shape index (κ3) is 8.45. The van der Waals surface area contributed by atoms with Gasteiger partial charge < -0.3 is 14.4 Å². The minimum absolute atomic E-state index is 0.00830. The predicted octanol–water partition coefficient (Wildman–Crippen LogP) is 6.49. The van der Waals surface area contributed by atoms with E-state index in [9.17, 15) is 14.0 Å². The number of alkyl halides is 1. The van der Waals surface area contributed by atoms with E-state index in [4.69, 9.17) is 11.6 Å². The van der Waals surface area contributed by atoms with E-state index in [0.29, 0.717) is 26.2 Å². The summed E-state index contributed by atoms with van der Waals surface area (Å²) in [5.74, 6) is -0.291. The van der Waals surface area contributed by atoms with Crippen molar-refractivity contribution in [2.75, 3.05) is 19.0 Å². The van der Waals surface area contributed by atoms with Gasteiger partial charge in [-0.15, -0.1) is 11.6 Å². The summed E-state index contributed by atoms with van der Waals surface area (Å²) in [5, 5.41) is 0. The number of amides is 2. The van der Waals surface area contributed by atoms with Crippen LogP contribution in [-0.2, 0) is 29.2 Å². The van der Waals surface area contributed by atoms with Gasteiger partial charge in [0.1, 0.15) is 5.82 Å². The molecule has 0 radical (unpaired) electrons. The van der Waals surface area contributed by atoms with Crippen LogP contribution >= 0.6 is 11.6 Å². The van der Waals surface area contributed by atoms with Crippen molar-refractivity contribution in [1.29, 1.82) is 0 Å². The molecule has 0 fully saturated rings. The van der Waals surface area contributed by atoms with Crippen LogP contribution in [0, 0.1) is 11.2 Å². The van der Waals surface area contributed by atoms with Crippen LogP contribution < -0.4 is 0 Å². The van der Waals surface area contributed by atoms with Gasteiger partial charge in [-0.3, -0.25) is 9.59 Å². The average molecular weight is 540 g/mol. The zero-order valence-corrected chi connectivity index (χ0v) is 23.5. The second-order valence-electron chi connectivity index (χ2n) is 10.4. The maximum Gasteiger partial charge on any atom is 0.242 e. The molecule has 7 heteroatoms. The van der Waals surface area contributed by atoms with E-state index in [1.54, 1.807) is 21.9 Å². The Bertz CT molecular complexity index is 1160. The summed E-state index contributed by atoms with van der Waals surface area (Å²) in [5.41, 5.74) is 2.20. The molecule has 38 heavy (non-hydrogen) atoms. The lowest BCUT2D eigenvalue weighted by Crippen LogP contribution is -2.48. The molecule has 3 rings (SSSR count). The van der Waals surface area contributed by atoms with Crippen molar-refractivity contribution < 1.29 is 14.0 Å². The Morgan fingerprint density at radius 2 is 1.61 bits per heavy atom. The number of halogens is 2. The first-order valence-electron chi connectivity index (χ1n) is 13.3. The summed E-state index contributed by atoms with van der Waals surface area (Å²) >= 11 is 6.12. The van der Waals surface area contributed by atoms with E-state index in [-0.39, 0.29) is 30.1 Å².